The van der Waals surface area contributed by atoms with Gasteiger partial charge in [-0.05, 0) is 26.0 Å². The standard InChI is InChI=1S/C11H11F2NO3/c1-11(2,10(16)17)9(15)14-8-6(12)4-3-5-7(8)13/h3-5H,1-2H3,(H,14,15)(H,16,17). The molecule has 4 nitrogen and oxygen atoms in total. The Labute approximate surface area is 96.3 Å². The second kappa shape index (κ2) is 4.48. The van der Waals surface area contributed by atoms with Gasteiger partial charge in [0.1, 0.15) is 22.7 Å². The molecule has 0 spiro atoms. The van der Waals surface area contributed by atoms with Crippen molar-refractivity contribution in [1.82, 2.24) is 0 Å². The van der Waals surface area contributed by atoms with Crippen LogP contribution in [0.15, 0.2) is 18.2 Å². The molecule has 0 fully saturated rings. The van der Waals surface area contributed by atoms with Crippen molar-refractivity contribution in [1.29, 1.82) is 0 Å². The van der Waals surface area contributed by atoms with Crippen LogP contribution in [-0.4, -0.2) is 17.0 Å². The lowest BCUT2D eigenvalue weighted by atomic mass is 9.92. The number of carboxylic acid groups (broad SMARTS) is 1. The smallest absolute Gasteiger partial charge is 0.318 e. The lowest BCUT2D eigenvalue weighted by Gasteiger charge is -2.18. The van der Waals surface area contributed by atoms with Crippen LogP contribution in [0.1, 0.15) is 13.8 Å². The minimum Gasteiger partial charge on any atom is -0.480 e. The Bertz CT molecular complexity index is 452. The van der Waals surface area contributed by atoms with E-state index in [1.54, 1.807) is 0 Å². The number of carbonyl (C=O) groups is 2. The number of carbonyl (C=O) groups excluding carboxylic acids is 1. The average Bonchev–Trinajstić information content (AvgIpc) is 2.23. The average molecular weight is 243 g/mol. The first kappa shape index (κ1) is 13.1. The van der Waals surface area contributed by atoms with Crippen molar-refractivity contribution >= 4 is 17.6 Å². The number of carboxylic acids is 1. The lowest BCUT2D eigenvalue weighted by molar-refractivity contribution is -0.151. The number of rotatable bonds is 3. The summed E-state index contributed by atoms with van der Waals surface area (Å²) < 4.78 is 26.4. The van der Waals surface area contributed by atoms with Crippen LogP contribution in [0, 0.1) is 17.0 Å². The first-order valence-electron chi connectivity index (χ1n) is 4.75. The van der Waals surface area contributed by atoms with Gasteiger partial charge in [0.15, 0.2) is 0 Å². The topological polar surface area (TPSA) is 66.4 Å². The Morgan fingerprint density at radius 1 is 1.24 bits per heavy atom. The molecule has 2 N–H and O–H groups in total. The van der Waals surface area contributed by atoms with E-state index in [1.807, 2.05) is 5.32 Å². The van der Waals surface area contributed by atoms with Gasteiger partial charge in [-0.1, -0.05) is 6.07 Å². The van der Waals surface area contributed by atoms with Crippen LogP contribution in [0.3, 0.4) is 0 Å². The maximum absolute atomic E-state index is 13.2. The first-order valence-corrected chi connectivity index (χ1v) is 4.75. The zero-order valence-electron chi connectivity index (χ0n) is 9.25. The number of nitrogens with one attached hydrogen (secondary N) is 1. The van der Waals surface area contributed by atoms with Crippen LogP contribution in [0.5, 0.6) is 0 Å². The van der Waals surface area contributed by atoms with Crippen molar-refractivity contribution in [2.24, 2.45) is 5.41 Å². The van der Waals surface area contributed by atoms with Gasteiger partial charge < -0.3 is 10.4 Å². The quantitative estimate of drug-likeness (QED) is 0.798. The number of benzene rings is 1. The second-order valence-corrected chi connectivity index (χ2v) is 3.98. The van der Waals surface area contributed by atoms with Gasteiger partial charge in [-0.3, -0.25) is 9.59 Å². The van der Waals surface area contributed by atoms with Crippen LogP contribution >= 0.6 is 0 Å². The van der Waals surface area contributed by atoms with Crippen molar-refractivity contribution in [3.63, 3.8) is 0 Å². The SMILES string of the molecule is CC(C)(C(=O)O)C(=O)Nc1c(F)cccc1F. The largest absolute Gasteiger partial charge is 0.480 e. The highest BCUT2D eigenvalue weighted by molar-refractivity contribution is 6.07. The van der Waals surface area contributed by atoms with E-state index in [0.29, 0.717) is 0 Å². The number of hydrogen-bond donors (Lipinski definition) is 2. The van der Waals surface area contributed by atoms with Crippen molar-refractivity contribution in [2.75, 3.05) is 5.32 Å². The summed E-state index contributed by atoms with van der Waals surface area (Å²) in [4.78, 5) is 22.3. The molecule has 0 aliphatic carbocycles. The van der Waals surface area contributed by atoms with Crippen LogP contribution in [-0.2, 0) is 9.59 Å². The van der Waals surface area contributed by atoms with Gasteiger partial charge in [0.2, 0.25) is 5.91 Å². The highest BCUT2D eigenvalue weighted by Gasteiger charge is 2.36. The number of amides is 1. The third-order valence-corrected chi connectivity index (χ3v) is 2.30. The Hall–Kier alpha value is -1.98. The molecule has 0 unspecified atom stereocenters. The molecule has 1 aromatic carbocycles. The Balaban J connectivity index is 3.00. The number of para-hydroxylation sites is 1. The highest BCUT2D eigenvalue weighted by atomic mass is 19.1. The number of halogens is 2. The molecule has 1 aromatic rings. The van der Waals surface area contributed by atoms with E-state index < -0.39 is 34.6 Å². The van der Waals surface area contributed by atoms with Crippen molar-refractivity contribution in [3.8, 4) is 0 Å². The number of hydrogen-bond acceptors (Lipinski definition) is 2. The van der Waals surface area contributed by atoms with Crippen LogP contribution in [0.4, 0.5) is 14.5 Å². The van der Waals surface area contributed by atoms with E-state index >= 15 is 0 Å². The van der Waals surface area contributed by atoms with Crippen molar-refractivity contribution in [3.05, 3.63) is 29.8 Å². The van der Waals surface area contributed by atoms with E-state index in [-0.39, 0.29) is 0 Å². The Kier molecular flexibility index (Phi) is 3.45. The zero-order valence-corrected chi connectivity index (χ0v) is 9.25. The minimum absolute atomic E-state index is 0.646. The molecular weight excluding hydrogens is 232 g/mol. The zero-order chi connectivity index (χ0) is 13.2. The fourth-order valence-corrected chi connectivity index (χ4v) is 0.984. The summed E-state index contributed by atoms with van der Waals surface area (Å²) in [5.41, 5.74) is -2.42. The van der Waals surface area contributed by atoms with Crippen molar-refractivity contribution < 1.29 is 23.5 Å². The highest BCUT2D eigenvalue weighted by Crippen LogP contribution is 2.22. The molecule has 17 heavy (non-hydrogen) atoms. The third-order valence-electron chi connectivity index (χ3n) is 2.30. The summed E-state index contributed by atoms with van der Waals surface area (Å²) in [7, 11) is 0. The van der Waals surface area contributed by atoms with Gasteiger partial charge in [-0.2, -0.15) is 0 Å². The molecule has 92 valence electrons. The summed E-state index contributed by atoms with van der Waals surface area (Å²) >= 11 is 0. The van der Waals surface area contributed by atoms with E-state index in [2.05, 4.69) is 0 Å². The maximum Gasteiger partial charge on any atom is 0.318 e. The Morgan fingerprint density at radius 3 is 2.12 bits per heavy atom. The van der Waals surface area contributed by atoms with Gasteiger partial charge in [0.05, 0.1) is 0 Å². The monoisotopic (exact) mass is 243 g/mol. The van der Waals surface area contributed by atoms with Gasteiger partial charge in [-0.15, -0.1) is 0 Å². The fraction of sp³-hybridized carbons (Fsp3) is 0.273. The number of anilines is 1. The molecule has 1 rings (SSSR count). The second-order valence-electron chi connectivity index (χ2n) is 3.98. The fourth-order valence-electron chi connectivity index (χ4n) is 0.984. The molecular formula is C11H11F2NO3. The van der Waals surface area contributed by atoms with E-state index in [9.17, 15) is 18.4 Å². The summed E-state index contributed by atoms with van der Waals surface area (Å²) in [6.07, 6.45) is 0. The summed E-state index contributed by atoms with van der Waals surface area (Å²) in [6.45, 7) is 2.28. The van der Waals surface area contributed by atoms with Gasteiger partial charge in [0.25, 0.3) is 0 Å². The summed E-state index contributed by atoms with van der Waals surface area (Å²) in [5, 5.41) is 10.7. The molecule has 0 bridgehead atoms. The van der Waals surface area contributed by atoms with Gasteiger partial charge >= 0.3 is 5.97 Å². The van der Waals surface area contributed by atoms with Crippen LogP contribution in [0.25, 0.3) is 0 Å². The van der Waals surface area contributed by atoms with E-state index in [1.165, 1.54) is 0 Å². The Morgan fingerprint density at radius 2 is 1.71 bits per heavy atom. The number of aliphatic carboxylic acids is 1. The minimum atomic E-state index is -1.77. The van der Waals surface area contributed by atoms with E-state index in [4.69, 9.17) is 5.11 Å². The molecule has 0 saturated carbocycles. The summed E-state index contributed by atoms with van der Waals surface area (Å²) in [6, 6.07) is 3.07. The van der Waals surface area contributed by atoms with Gasteiger partial charge in [0, 0.05) is 0 Å². The normalized spacial score (nSPS) is 11.1. The molecule has 0 aliphatic rings. The molecule has 0 radical (unpaired) electrons. The molecule has 0 aliphatic heterocycles. The molecule has 0 aromatic heterocycles. The molecule has 1 amide bonds. The predicted molar refractivity (Wildman–Crippen MR) is 56.4 cm³/mol. The van der Waals surface area contributed by atoms with Crippen LogP contribution < -0.4 is 5.32 Å². The lowest BCUT2D eigenvalue weighted by Crippen LogP contribution is -2.38. The summed E-state index contributed by atoms with van der Waals surface area (Å²) in [5.74, 6) is -4.29. The van der Waals surface area contributed by atoms with E-state index in [0.717, 1.165) is 32.0 Å². The third kappa shape index (κ3) is 2.58. The molecule has 0 atom stereocenters. The van der Waals surface area contributed by atoms with Crippen LogP contribution in [0.2, 0.25) is 0 Å². The molecule has 6 heteroatoms. The molecule has 0 saturated heterocycles. The predicted octanol–water partition coefficient (Wildman–Crippen LogP) is 2.01. The van der Waals surface area contributed by atoms with Gasteiger partial charge in [-0.25, -0.2) is 8.78 Å². The maximum atomic E-state index is 13.2. The van der Waals surface area contributed by atoms with Crippen molar-refractivity contribution in [2.45, 2.75) is 13.8 Å². The first-order chi connectivity index (χ1) is 7.76. The molecule has 0 heterocycles.